The molecule has 2 aliphatic rings. The smallest absolute Gasteiger partial charge is 0.158 e. The molecule has 0 N–H and O–H groups in total. The van der Waals surface area contributed by atoms with E-state index in [1.807, 2.05) is 13.0 Å². The molecular weight excluding hydrogens is 302 g/mol. The Hall–Kier alpha value is -2.75. The van der Waals surface area contributed by atoms with Crippen LogP contribution in [0.1, 0.15) is 17.0 Å². The molecule has 4 rings (SSSR count). The normalized spacial score (nSPS) is 22.5. The molecule has 2 aromatic rings. The number of nitrogens with zero attached hydrogens (tertiary/aromatic N) is 7. The lowest BCUT2D eigenvalue weighted by Crippen LogP contribution is -2.30. The molecule has 2 fully saturated rings. The van der Waals surface area contributed by atoms with E-state index in [0.717, 1.165) is 43.5 Å². The quantitative estimate of drug-likeness (QED) is 0.825. The standard InChI is InChI=1S/C17H19N7/c1-11-12(2)21-10-22-17(11)24-8-13-6-23(7-14(13)9-24)16-5-19-15(3-18)4-20-16/h4-5,10,13-14H,6-9H2,1-2H3. The summed E-state index contributed by atoms with van der Waals surface area (Å²) in [7, 11) is 0. The van der Waals surface area contributed by atoms with E-state index >= 15 is 0 Å². The lowest BCUT2D eigenvalue weighted by Gasteiger charge is -2.24. The van der Waals surface area contributed by atoms with Crippen molar-refractivity contribution in [2.75, 3.05) is 36.0 Å². The monoisotopic (exact) mass is 321 g/mol. The van der Waals surface area contributed by atoms with Crippen molar-refractivity contribution in [3.8, 4) is 6.07 Å². The van der Waals surface area contributed by atoms with Crippen LogP contribution in [0.3, 0.4) is 0 Å². The van der Waals surface area contributed by atoms with Crippen LogP contribution in [0, 0.1) is 37.0 Å². The van der Waals surface area contributed by atoms with Gasteiger partial charge in [0.05, 0.1) is 12.4 Å². The van der Waals surface area contributed by atoms with Crippen LogP contribution in [0.5, 0.6) is 0 Å². The predicted molar refractivity (Wildman–Crippen MR) is 89.7 cm³/mol. The van der Waals surface area contributed by atoms with Gasteiger partial charge < -0.3 is 9.80 Å². The largest absolute Gasteiger partial charge is 0.356 e. The van der Waals surface area contributed by atoms with Crippen molar-refractivity contribution >= 4 is 11.6 Å². The van der Waals surface area contributed by atoms with Gasteiger partial charge in [-0.05, 0) is 13.8 Å². The highest BCUT2D eigenvalue weighted by Crippen LogP contribution is 2.35. The second-order valence-corrected chi connectivity index (χ2v) is 6.61. The molecule has 7 heteroatoms. The zero-order valence-corrected chi connectivity index (χ0v) is 13.8. The van der Waals surface area contributed by atoms with Crippen molar-refractivity contribution in [3.63, 3.8) is 0 Å². The van der Waals surface area contributed by atoms with Gasteiger partial charge in [-0.25, -0.2) is 19.9 Å². The highest BCUT2D eigenvalue weighted by atomic mass is 15.3. The molecule has 0 saturated carbocycles. The van der Waals surface area contributed by atoms with Crippen molar-refractivity contribution in [3.05, 3.63) is 35.7 Å². The van der Waals surface area contributed by atoms with Crippen LogP contribution < -0.4 is 9.80 Å². The molecule has 2 atom stereocenters. The molecule has 7 nitrogen and oxygen atoms in total. The van der Waals surface area contributed by atoms with Gasteiger partial charge in [0.25, 0.3) is 0 Å². The lowest BCUT2D eigenvalue weighted by molar-refractivity contribution is 0.533. The molecule has 4 heterocycles. The molecule has 0 amide bonds. The molecule has 24 heavy (non-hydrogen) atoms. The Morgan fingerprint density at radius 3 is 2.29 bits per heavy atom. The SMILES string of the molecule is Cc1ncnc(N2CC3CN(c4cnc(C#N)cn4)CC3C2)c1C. The van der Waals surface area contributed by atoms with Gasteiger partial charge in [-0.15, -0.1) is 0 Å². The van der Waals surface area contributed by atoms with E-state index < -0.39 is 0 Å². The minimum absolute atomic E-state index is 0.360. The second kappa shape index (κ2) is 5.71. The lowest BCUT2D eigenvalue weighted by atomic mass is 10.0. The first-order chi connectivity index (χ1) is 11.7. The molecule has 0 spiro atoms. The maximum Gasteiger partial charge on any atom is 0.158 e. The summed E-state index contributed by atoms with van der Waals surface area (Å²) in [5.74, 6) is 3.15. The summed E-state index contributed by atoms with van der Waals surface area (Å²) in [6.07, 6.45) is 4.91. The molecule has 0 aliphatic carbocycles. The maximum absolute atomic E-state index is 8.82. The molecule has 122 valence electrons. The van der Waals surface area contributed by atoms with Crippen molar-refractivity contribution in [1.82, 2.24) is 19.9 Å². The van der Waals surface area contributed by atoms with Crippen LogP contribution in [-0.4, -0.2) is 46.1 Å². The molecule has 0 radical (unpaired) electrons. The summed E-state index contributed by atoms with van der Waals surface area (Å²) < 4.78 is 0. The number of hydrogen-bond acceptors (Lipinski definition) is 7. The van der Waals surface area contributed by atoms with Crippen LogP contribution in [0.2, 0.25) is 0 Å². The van der Waals surface area contributed by atoms with Gasteiger partial charge in [0.15, 0.2) is 5.69 Å². The molecule has 2 unspecified atom stereocenters. The maximum atomic E-state index is 8.82. The van der Waals surface area contributed by atoms with Gasteiger partial charge in [-0.3, -0.25) is 0 Å². The van der Waals surface area contributed by atoms with Crippen molar-refractivity contribution in [1.29, 1.82) is 5.26 Å². The highest BCUT2D eigenvalue weighted by molar-refractivity contribution is 5.50. The van der Waals surface area contributed by atoms with E-state index in [4.69, 9.17) is 5.26 Å². The number of aromatic nitrogens is 4. The first-order valence-corrected chi connectivity index (χ1v) is 8.16. The number of anilines is 2. The topological polar surface area (TPSA) is 81.8 Å². The number of rotatable bonds is 2. The average molecular weight is 321 g/mol. The second-order valence-electron chi connectivity index (χ2n) is 6.61. The van der Waals surface area contributed by atoms with Crippen LogP contribution in [0.15, 0.2) is 18.7 Å². The Labute approximate surface area is 141 Å². The van der Waals surface area contributed by atoms with Gasteiger partial charge in [-0.2, -0.15) is 5.26 Å². The Morgan fingerprint density at radius 1 is 0.958 bits per heavy atom. The average Bonchev–Trinajstić information content (AvgIpc) is 3.16. The summed E-state index contributed by atoms with van der Waals surface area (Å²) in [5.41, 5.74) is 2.58. The summed E-state index contributed by atoms with van der Waals surface area (Å²) in [4.78, 5) is 21.9. The third-order valence-corrected chi connectivity index (χ3v) is 5.17. The van der Waals surface area contributed by atoms with E-state index in [2.05, 4.69) is 36.7 Å². The highest BCUT2D eigenvalue weighted by Gasteiger charge is 2.41. The van der Waals surface area contributed by atoms with Crippen molar-refractivity contribution in [2.45, 2.75) is 13.8 Å². The van der Waals surface area contributed by atoms with Crippen molar-refractivity contribution < 1.29 is 0 Å². The molecule has 2 aromatic heterocycles. The Bertz CT molecular complexity index is 782. The van der Waals surface area contributed by atoms with E-state index in [-0.39, 0.29) is 0 Å². The number of fused-ring (bicyclic) bond motifs is 1. The van der Waals surface area contributed by atoms with Gasteiger partial charge in [-0.1, -0.05) is 0 Å². The summed E-state index contributed by atoms with van der Waals surface area (Å²) in [6, 6.07) is 2.01. The van der Waals surface area contributed by atoms with Gasteiger partial charge >= 0.3 is 0 Å². The number of nitriles is 1. The van der Waals surface area contributed by atoms with Crippen LogP contribution in [0.25, 0.3) is 0 Å². The van der Waals surface area contributed by atoms with Gasteiger partial charge in [0.2, 0.25) is 0 Å². The molecule has 2 aliphatic heterocycles. The van der Waals surface area contributed by atoms with Crippen LogP contribution in [0.4, 0.5) is 11.6 Å². The summed E-state index contributed by atoms with van der Waals surface area (Å²) in [6.45, 7) is 8.11. The minimum atomic E-state index is 0.360. The van der Waals surface area contributed by atoms with E-state index in [1.165, 1.54) is 5.56 Å². The molecule has 0 bridgehead atoms. The van der Waals surface area contributed by atoms with Crippen LogP contribution in [-0.2, 0) is 0 Å². The van der Waals surface area contributed by atoms with Crippen LogP contribution >= 0.6 is 0 Å². The van der Waals surface area contributed by atoms with E-state index in [1.54, 1.807) is 18.7 Å². The van der Waals surface area contributed by atoms with Gasteiger partial charge in [0.1, 0.15) is 24.0 Å². The minimum Gasteiger partial charge on any atom is -0.356 e. The molecule has 2 saturated heterocycles. The zero-order valence-electron chi connectivity index (χ0n) is 13.8. The van der Waals surface area contributed by atoms with E-state index in [9.17, 15) is 0 Å². The predicted octanol–water partition coefficient (Wildman–Crippen LogP) is 1.33. The summed E-state index contributed by atoms with van der Waals surface area (Å²) in [5, 5.41) is 8.82. The molecular formula is C17H19N7. The van der Waals surface area contributed by atoms with Crippen molar-refractivity contribution in [2.24, 2.45) is 11.8 Å². The zero-order chi connectivity index (χ0) is 16.7. The van der Waals surface area contributed by atoms with Gasteiger partial charge in [0, 0.05) is 49.3 Å². The third-order valence-electron chi connectivity index (χ3n) is 5.17. The fourth-order valence-electron chi connectivity index (χ4n) is 3.74. The fraction of sp³-hybridized carbons (Fsp3) is 0.471. The van der Waals surface area contributed by atoms with E-state index in [0.29, 0.717) is 17.5 Å². The first-order valence-electron chi connectivity index (χ1n) is 8.16. The molecule has 0 aromatic carbocycles. The Kier molecular flexibility index (Phi) is 3.53. The fourth-order valence-corrected chi connectivity index (χ4v) is 3.74. The third kappa shape index (κ3) is 2.44. The Morgan fingerprint density at radius 2 is 1.67 bits per heavy atom. The number of hydrogen-bond donors (Lipinski definition) is 0. The summed E-state index contributed by atoms with van der Waals surface area (Å²) >= 11 is 0. The first kappa shape index (κ1) is 14.8. The Balaban J connectivity index is 1.47. The number of aryl methyl sites for hydroxylation is 1.